The first-order chi connectivity index (χ1) is 14.5. The summed E-state index contributed by atoms with van der Waals surface area (Å²) in [4.78, 5) is 30.5. The standard InChI is InChI=1S/C21H18FN3O5/c1-29-21(28)15-11-25(7-8-26)20(27)18(15)23-14-5-6-17-16(10-14)24-19(30-17)12-3-2-4-13(22)9-12/h2-6,9-10,23,26H,7-8,11H2,1H3. The summed E-state index contributed by atoms with van der Waals surface area (Å²) < 4.78 is 23.9. The van der Waals surface area contributed by atoms with Crippen LogP contribution in [0.25, 0.3) is 22.6 Å². The first-order valence-corrected chi connectivity index (χ1v) is 9.15. The van der Waals surface area contributed by atoms with Crippen LogP contribution in [0.2, 0.25) is 0 Å². The number of β-amino-alcohol motifs (C(OH)–C–C–N with tert-alkyl or cyclic N) is 1. The number of amides is 1. The highest BCUT2D eigenvalue weighted by atomic mass is 19.1. The van der Waals surface area contributed by atoms with E-state index in [1.807, 2.05) is 0 Å². The fourth-order valence-corrected chi connectivity index (χ4v) is 3.24. The zero-order valence-corrected chi connectivity index (χ0v) is 16.0. The van der Waals surface area contributed by atoms with Crippen molar-refractivity contribution in [2.24, 2.45) is 0 Å². The minimum Gasteiger partial charge on any atom is -0.466 e. The van der Waals surface area contributed by atoms with Gasteiger partial charge in [0.15, 0.2) is 5.58 Å². The smallest absolute Gasteiger partial charge is 0.337 e. The van der Waals surface area contributed by atoms with E-state index in [2.05, 4.69) is 10.3 Å². The van der Waals surface area contributed by atoms with Crippen molar-refractivity contribution >= 4 is 28.7 Å². The summed E-state index contributed by atoms with van der Waals surface area (Å²) in [6.45, 7) is -0.0740. The molecule has 1 aliphatic rings. The molecule has 30 heavy (non-hydrogen) atoms. The molecule has 2 N–H and O–H groups in total. The number of hydrogen-bond donors (Lipinski definition) is 2. The number of nitrogens with zero attached hydrogens (tertiary/aromatic N) is 2. The lowest BCUT2D eigenvalue weighted by Gasteiger charge is -2.14. The number of carbonyl (C=O) groups excluding carboxylic acids is 2. The van der Waals surface area contributed by atoms with Gasteiger partial charge >= 0.3 is 5.97 Å². The highest BCUT2D eigenvalue weighted by Crippen LogP contribution is 2.28. The van der Waals surface area contributed by atoms with Gasteiger partial charge in [0.1, 0.15) is 17.0 Å². The Morgan fingerprint density at radius 2 is 2.17 bits per heavy atom. The van der Waals surface area contributed by atoms with Crippen LogP contribution >= 0.6 is 0 Å². The van der Waals surface area contributed by atoms with Crippen molar-refractivity contribution < 1.29 is 28.2 Å². The van der Waals surface area contributed by atoms with E-state index in [0.29, 0.717) is 22.4 Å². The SMILES string of the molecule is COC(=O)C1=C(Nc2ccc3oc(-c4cccc(F)c4)nc3c2)C(=O)N(CCO)C1. The number of carbonyl (C=O) groups is 2. The molecule has 9 heteroatoms. The van der Waals surface area contributed by atoms with Gasteiger partial charge in [-0.1, -0.05) is 6.07 Å². The Balaban J connectivity index is 1.66. The molecule has 0 aliphatic carbocycles. The van der Waals surface area contributed by atoms with Crippen molar-refractivity contribution in [1.82, 2.24) is 9.88 Å². The highest BCUT2D eigenvalue weighted by Gasteiger charge is 2.34. The molecule has 0 unspecified atom stereocenters. The number of rotatable bonds is 6. The molecule has 154 valence electrons. The number of benzene rings is 2. The molecule has 1 aliphatic heterocycles. The summed E-state index contributed by atoms with van der Waals surface area (Å²) >= 11 is 0. The van der Waals surface area contributed by atoms with Gasteiger partial charge in [-0.2, -0.15) is 0 Å². The molecule has 2 aromatic carbocycles. The summed E-state index contributed by atoms with van der Waals surface area (Å²) in [6, 6.07) is 10.9. The van der Waals surface area contributed by atoms with Crippen LogP contribution in [0, 0.1) is 5.82 Å². The van der Waals surface area contributed by atoms with Crippen LogP contribution in [0.5, 0.6) is 0 Å². The van der Waals surface area contributed by atoms with Gasteiger partial charge in [-0.3, -0.25) is 4.79 Å². The summed E-state index contributed by atoms with van der Waals surface area (Å²) in [7, 11) is 1.24. The van der Waals surface area contributed by atoms with Crippen LogP contribution < -0.4 is 5.32 Å². The number of nitrogens with one attached hydrogen (secondary N) is 1. The maximum Gasteiger partial charge on any atom is 0.337 e. The number of methoxy groups -OCH3 is 1. The number of anilines is 1. The minimum absolute atomic E-state index is 0.0460. The van der Waals surface area contributed by atoms with E-state index in [1.54, 1.807) is 30.3 Å². The number of aliphatic hydroxyl groups is 1. The second-order valence-corrected chi connectivity index (χ2v) is 6.63. The van der Waals surface area contributed by atoms with Gasteiger partial charge in [-0.15, -0.1) is 0 Å². The Morgan fingerprint density at radius 1 is 1.33 bits per heavy atom. The van der Waals surface area contributed by atoms with Gasteiger partial charge in [0, 0.05) is 17.8 Å². The van der Waals surface area contributed by atoms with E-state index in [9.17, 15) is 14.0 Å². The quantitative estimate of drug-likeness (QED) is 0.600. The number of ether oxygens (including phenoxy) is 1. The zero-order valence-electron chi connectivity index (χ0n) is 16.0. The molecular weight excluding hydrogens is 393 g/mol. The summed E-state index contributed by atoms with van der Waals surface area (Å²) in [5, 5.41) is 12.1. The minimum atomic E-state index is -0.623. The van der Waals surface area contributed by atoms with Crippen LogP contribution in [-0.2, 0) is 14.3 Å². The third kappa shape index (κ3) is 3.62. The second-order valence-electron chi connectivity index (χ2n) is 6.63. The Morgan fingerprint density at radius 3 is 2.90 bits per heavy atom. The third-order valence-electron chi connectivity index (χ3n) is 4.68. The fourth-order valence-electron chi connectivity index (χ4n) is 3.24. The summed E-state index contributed by atoms with van der Waals surface area (Å²) in [6.07, 6.45) is 0. The molecule has 0 radical (unpaired) electrons. The van der Waals surface area contributed by atoms with E-state index in [4.69, 9.17) is 14.3 Å². The topological polar surface area (TPSA) is 105 Å². The maximum absolute atomic E-state index is 13.5. The lowest BCUT2D eigenvalue weighted by atomic mass is 10.2. The molecule has 2 heterocycles. The number of esters is 1. The van der Waals surface area contributed by atoms with Crippen molar-refractivity contribution in [3.8, 4) is 11.5 Å². The molecule has 0 atom stereocenters. The van der Waals surface area contributed by atoms with Gasteiger partial charge in [-0.25, -0.2) is 14.2 Å². The first-order valence-electron chi connectivity index (χ1n) is 9.15. The van der Waals surface area contributed by atoms with E-state index in [-0.39, 0.29) is 36.9 Å². The molecule has 0 spiro atoms. The average molecular weight is 411 g/mol. The predicted octanol–water partition coefficient (Wildman–Crippen LogP) is 2.31. The van der Waals surface area contributed by atoms with Crippen molar-refractivity contribution in [3.63, 3.8) is 0 Å². The van der Waals surface area contributed by atoms with Gasteiger partial charge in [0.05, 0.1) is 25.8 Å². The lowest BCUT2D eigenvalue weighted by molar-refractivity contribution is -0.136. The fraction of sp³-hybridized carbons (Fsp3) is 0.190. The molecule has 0 saturated heterocycles. The number of halogens is 1. The zero-order chi connectivity index (χ0) is 21.3. The van der Waals surface area contributed by atoms with Gasteiger partial charge in [-0.05, 0) is 36.4 Å². The third-order valence-corrected chi connectivity index (χ3v) is 4.68. The van der Waals surface area contributed by atoms with E-state index in [0.717, 1.165) is 0 Å². The number of aromatic nitrogens is 1. The van der Waals surface area contributed by atoms with E-state index in [1.165, 1.54) is 24.1 Å². The van der Waals surface area contributed by atoms with Crippen LogP contribution in [-0.4, -0.2) is 53.7 Å². The summed E-state index contributed by atoms with van der Waals surface area (Å²) in [5.41, 5.74) is 2.26. The molecule has 3 aromatic rings. The molecular formula is C21H18FN3O5. The van der Waals surface area contributed by atoms with E-state index >= 15 is 0 Å². The van der Waals surface area contributed by atoms with E-state index < -0.39 is 17.7 Å². The van der Waals surface area contributed by atoms with Crippen molar-refractivity contribution in [3.05, 3.63) is 59.6 Å². The molecule has 0 bridgehead atoms. The monoisotopic (exact) mass is 411 g/mol. The number of aliphatic hydroxyl groups excluding tert-OH is 1. The largest absolute Gasteiger partial charge is 0.466 e. The number of fused-ring (bicyclic) bond motifs is 1. The lowest BCUT2D eigenvalue weighted by Crippen LogP contribution is -2.31. The Hall–Kier alpha value is -3.72. The van der Waals surface area contributed by atoms with Gasteiger partial charge < -0.3 is 24.5 Å². The first kappa shape index (κ1) is 19.6. The molecule has 4 rings (SSSR count). The van der Waals surface area contributed by atoms with Crippen LogP contribution in [0.3, 0.4) is 0 Å². The Labute approximate surface area is 170 Å². The van der Waals surface area contributed by atoms with Crippen molar-refractivity contribution in [2.75, 3.05) is 32.1 Å². The predicted molar refractivity (Wildman–Crippen MR) is 106 cm³/mol. The summed E-state index contributed by atoms with van der Waals surface area (Å²) in [5.74, 6) is -1.17. The second kappa shape index (κ2) is 7.96. The number of hydrogen-bond acceptors (Lipinski definition) is 7. The molecule has 0 fully saturated rings. The maximum atomic E-state index is 13.5. The Kier molecular flexibility index (Phi) is 5.20. The molecule has 1 aromatic heterocycles. The van der Waals surface area contributed by atoms with Crippen LogP contribution in [0.15, 0.2) is 58.2 Å². The van der Waals surface area contributed by atoms with Crippen LogP contribution in [0.1, 0.15) is 0 Å². The highest BCUT2D eigenvalue weighted by molar-refractivity contribution is 6.08. The van der Waals surface area contributed by atoms with Crippen molar-refractivity contribution in [2.45, 2.75) is 0 Å². The van der Waals surface area contributed by atoms with Gasteiger partial charge in [0.25, 0.3) is 5.91 Å². The van der Waals surface area contributed by atoms with Crippen LogP contribution in [0.4, 0.5) is 10.1 Å². The Bertz CT molecular complexity index is 1170. The molecule has 8 nitrogen and oxygen atoms in total. The molecule has 1 amide bonds. The number of oxazole rings is 1. The molecule has 0 saturated carbocycles. The average Bonchev–Trinajstić information content (AvgIpc) is 3.30. The van der Waals surface area contributed by atoms with Gasteiger partial charge in [0.2, 0.25) is 5.89 Å². The normalized spacial score (nSPS) is 14.0. The van der Waals surface area contributed by atoms with Crippen molar-refractivity contribution in [1.29, 1.82) is 0 Å².